The lowest BCUT2D eigenvalue weighted by Gasteiger charge is -2.04. The SMILES string of the molecule is O=C(CCC(=O)Nc1noc2ccccc12)NCc1ccco1. The van der Waals surface area contributed by atoms with Crippen LogP contribution in [0.5, 0.6) is 0 Å². The van der Waals surface area contributed by atoms with Crippen molar-refractivity contribution in [1.29, 1.82) is 0 Å². The number of para-hydroxylation sites is 1. The highest BCUT2D eigenvalue weighted by atomic mass is 16.5. The van der Waals surface area contributed by atoms with Gasteiger partial charge in [0.2, 0.25) is 11.8 Å². The van der Waals surface area contributed by atoms with Gasteiger partial charge in [-0.3, -0.25) is 9.59 Å². The molecule has 3 rings (SSSR count). The highest BCUT2D eigenvalue weighted by Gasteiger charge is 2.12. The van der Waals surface area contributed by atoms with E-state index in [0.717, 1.165) is 5.39 Å². The average molecular weight is 313 g/mol. The van der Waals surface area contributed by atoms with Crippen molar-refractivity contribution in [3.05, 3.63) is 48.4 Å². The van der Waals surface area contributed by atoms with Gasteiger partial charge in [0.1, 0.15) is 5.76 Å². The highest BCUT2D eigenvalue weighted by Crippen LogP contribution is 2.22. The molecule has 7 heteroatoms. The zero-order valence-electron chi connectivity index (χ0n) is 12.2. The molecule has 3 aromatic rings. The minimum Gasteiger partial charge on any atom is -0.467 e. The van der Waals surface area contributed by atoms with Gasteiger partial charge in [-0.2, -0.15) is 0 Å². The van der Waals surface area contributed by atoms with Crippen LogP contribution in [-0.2, 0) is 16.1 Å². The zero-order chi connectivity index (χ0) is 16.1. The maximum absolute atomic E-state index is 11.9. The molecule has 2 N–H and O–H groups in total. The summed E-state index contributed by atoms with van der Waals surface area (Å²) in [6.07, 6.45) is 1.69. The number of hydrogen-bond acceptors (Lipinski definition) is 5. The van der Waals surface area contributed by atoms with Crippen LogP contribution in [-0.4, -0.2) is 17.0 Å². The maximum Gasteiger partial charge on any atom is 0.226 e. The third kappa shape index (κ3) is 3.76. The van der Waals surface area contributed by atoms with E-state index < -0.39 is 0 Å². The molecular formula is C16H15N3O4. The van der Waals surface area contributed by atoms with Crippen molar-refractivity contribution in [3.63, 3.8) is 0 Å². The second-order valence-corrected chi connectivity index (χ2v) is 4.93. The normalized spacial score (nSPS) is 10.6. The summed E-state index contributed by atoms with van der Waals surface area (Å²) in [6.45, 7) is 0.307. The molecule has 2 amide bonds. The minimum absolute atomic E-state index is 0.0607. The summed E-state index contributed by atoms with van der Waals surface area (Å²) in [4.78, 5) is 23.6. The third-order valence-corrected chi connectivity index (χ3v) is 3.25. The van der Waals surface area contributed by atoms with Crippen LogP contribution < -0.4 is 10.6 Å². The van der Waals surface area contributed by atoms with Gasteiger partial charge in [-0.25, -0.2) is 0 Å². The summed E-state index contributed by atoms with van der Waals surface area (Å²) in [7, 11) is 0. The minimum atomic E-state index is -0.294. The first-order valence-electron chi connectivity index (χ1n) is 7.16. The van der Waals surface area contributed by atoms with Gasteiger partial charge in [0.05, 0.1) is 18.2 Å². The zero-order valence-corrected chi connectivity index (χ0v) is 12.2. The molecule has 0 atom stereocenters. The van der Waals surface area contributed by atoms with Gasteiger partial charge in [0.25, 0.3) is 0 Å². The Labute approximate surface area is 131 Å². The number of nitrogens with zero attached hydrogens (tertiary/aromatic N) is 1. The number of carbonyl (C=O) groups is 2. The fraction of sp³-hybridized carbons (Fsp3) is 0.188. The molecule has 1 aromatic carbocycles. The van der Waals surface area contributed by atoms with Crippen LogP contribution in [0.3, 0.4) is 0 Å². The number of carbonyl (C=O) groups excluding carboxylic acids is 2. The number of benzene rings is 1. The largest absolute Gasteiger partial charge is 0.467 e. The fourth-order valence-electron chi connectivity index (χ4n) is 2.08. The second-order valence-electron chi connectivity index (χ2n) is 4.93. The van der Waals surface area contributed by atoms with E-state index in [0.29, 0.717) is 23.7 Å². The molecule has 0 aliphatic heterocycles. The number of aromatic nitrogens is 1. The topological polar surface area (TPSA) is 97.4 Å². The quantitative estimate of drug-likeness (QED) is 0.728. The molecule has 0 spiro atoms. The Hall–Kier alpha value is -3.09. The molecule has 0 saturated carbocycles. The van der Waals surface area contributed by atoms with Crippen molar-refractivity contribution in [1.82, 2.24) is 10.5 Å². The molecule has 0 aliphatic rings. The molecule has 0 unspecified atom stereocenters. The van der Waals surface area contributed by atoms with Crippen molar-refractivity contribution in [2.75, 3.05) is 5.32 Å². The monoisotopic (exact) mass is 313 g/mol. The summed E-state index contributed by atoms with van der Waals surface area (Å²) in [5.74, 6) is 0.511. The van der Waals surface area contributed by atoms with Crippen LogP contribution in [0.1, 0.15) is 18.6 Å². The lowest BCUT2D eigenvalue weighted by molar-refractivity contribution is -0.124. The number of hydrogen-bond donors (Lipinski definition) is 2. The summed E-state index contributed by atoms with van der Waals surface area (Å²) in [5, 5.41) is 9.87. The van der Waals surface area contributed by atoms with Gasteiger partial charge in [0, 0.05) is 12.8 Å². The van der Waals surface area contributed by atoms with E-state index in [1.54, 1.807) is 24.3 Å². The second kappa shape index (κ2) is 6.78. The molecule has 7 nitrogen and oxygen atoms in total. The predicted molar refractivity (Wildman–Crippen MR) is 82.4 cm³/mol. The van der Waals surface area contributed by atoms with Crippen molar-refractivity contribution in [2.45, 2.75) is 19.4 Å². The van der Waals surface area contributed by atoms with Crippen molar-refractivity contribution in [3.8, 4) is 0 Å². The van der Waals surface area contributed by atoms with Crippen LogP contribution in [0.4, 0.5) is 5.82 Å². The maximum atomic E-state index is 11.9. The van der Waals surface area contributed by atoms with Gasteiger partial charge in [0.15, 0.2) is 11.4 Å². The number of rotatable bonds is 6. The van der Waals surface area contributed by atoms with E-state index in [4.69, 9.17) is 8.94 Å². The molecular weight excluding hydrogens is 298 g/mol. The van der Waals surface area contributed by atoms with Crippen molar-refractivity contribution < 1.29 is 18.5 Å². The van der Waals surface area contributed by atoms with Crippen LogP contribution in [0, 0.1) is 0 Å². The molecule has 0 saturated heterocycles. The van der Waals surface area contributed by atoms with E-state index in [1.165, 1.54) is 6.26 Å². The van der Waals surface area contributed by atoms with E-state index in [-0.39, 0.29) is 24.7 Å². The number of fused-ring (bicyclic) bond motifs is 1. The smallest absolute Gasteiger partial charge is 0.226 e. The van der Waals surface area contributed by atoms with E-state index in [1.807, 2.05) is 12.1 Å². The van der Waals surface area contributed by atoms with Crippen molar-refractivity contribution >= 4 is 28.6 Å². The number of anilines is 1. The van der Waals surface area contributed by atoms with Crippen LogP contribution in [0.15, 0.2) is 51.6 Å². The average Bonchev–Trinajstić information content (AvgIpc) is 3.21. The first-order valence-corrected chi connectivity index (χ1v) is 7.16. The summed E-state index contributed by atoms with van der Waals surface area (Å²) in [5.41, 5.74) is 0.596. The summed E-state index contributed by atoms with van der Waals surface area (Å²) >= 11 is 0. The molecule has 0 radical (unpaired) electrons. The molecule has 0 bridgehead atoms. The Bertz CT molecular complexity index is 808. The predicted octanol–water partition coefficient (Wildman–Crippen LogP) is 2.46. The molecule has 2 heterocycles. The first kappa shape index (κ1) is 14.8. The van der Waals surface area contributed by atoms with Crippen molar-refractivity contribution in [2.24, 2.45) is 0 Å². The van der Waals surface area contributed by atoms with E-state index >= 15 is 0 Å². The Morgan fingerprint density at radius 1 is 1.04 bits per heavy atom. The van der Waals surface area contributed by atoms with Gasteiger partial charge < -0.3 is 19.6 Å². The van der Waals surface area contributed by atoms with Crippen LogP contribution in [0.2, 0.25) is 0 Å². The molecule has 118 valence electrons. The van der Waals surface area contributed by atoms with Gasteiger partial charge >= 0.3 is 0 Å². The Morgan fingerprint density at radius 2 is 1.87 bits per heavy atom. The van der Waals surface area contributed by atoms with Gasteiger partial charge in [-0.05, 0) is 24.3 Å². The Morgan fingerprint density at radius 3 is 2.70 bits per heavy atom. The fourth-order valence-corrected chi connectivity index (χ4v) is 2.08. The Kier molecular flexibility index (Phi) is 4.37. The highest BCUT2D eigenvalue weighted by molar-refractivity contribution is 5.99. The van der Waals surface area contributed by atoms with Crippen LogP contribution in [0.25, 0.3) is 11.0 Å². The number of furan rings is 1. The molecule has 2 aromatic heterocycles. The molecule has 23 heavy (non-hydrogen) atoms. The Balaban J connectivity index is 1.47. The van der Waals surface area contributed by atoms with E-state index in [9.17, 15) is 9.59 Å². The van der Waals surface area contributed by atoms with Crippen LogP contribution >= 0.6 is 0 Å². The molecule has 0 aliphatic carbocycles. The number of amides is 2. The lowest BCUT2D eigenvalue weighted by atomic mass is 10.2. The molecule has 0 fully saturated rings. The number of nitrogens with one attached hydrogen (secondary N) is 2. The van der Waals surface area contributed by atoms with Gasteiger partial charge in [-0.1, -0.05) is 17.3 Å². The summed E-state index contributed by atoms with van der Waals surface area (Å²) < 4.78 is 10.2. The van der Waals surface area contributed by atoms with Gasteiger partial charge in [-0.15, -0.1) is 0 Å². The third-order valence-electron chi connectivity index (χ3n) is 3.25. The standard InChI is InChI=1S/C16H15N3O4/c20-14(17-10-11-4-3-9-22-11)7-8-15(21)18-16-12-5-1-2-6-13(12)23-19-16/h1-6,9H,7-8,10H2,(H,17,20)(H,18,19,21). The lowest BCUT2D eigenvalue weighted by Crippen LogP contribution is -2.24. The summed E-state index contributed by atoms with van der Waals surface area (Å²) in [6, 6.07) is 10.7. The first-order chi connectivity index (χ1) is 11.2. The van der Waals surface area contributed by atoms with E-state index in [2.05, 4.69) is 15.8 Å².